The van der Waals surface area contributed by atoms with E-state index in [2.05, 4.69) is 11.9 Å². The largest absolute Gasteiger partial charge is 0.457 e. The van der Waals surface area contributed by atoms with Gasteiger partial charge in [-0.25, -0.2) is 4.79 Å². The summed E-state index contributed by atoms with van der Waals surface area (Å²) in [7, 11) is 0. The fraction of sp³-hybridized carbons (Fsp3) is 0.476. The molecule has 0 aliphatic heterocycles. The highest BCUT2D eigenvalue weighted by Crippen LogP contribution is 2.19. The Labute approximate surface area is 160 Å². The van der Waals surface area contributed by atoms with Crippen LogP contribution >= 0.6 is 0 Å². The zero-order chi connectivity index (χ0) is 20.7. The third kappa shape index (κ3) is 7.74. The number of carbonyl (C=O) groups excluding carboxylic acids is 3. The van der Waals surface area contributed by atoms with Crippen molar-refractivity contribution in [1.82, 2.24) is 5.32 Å². The number of hydrogen-bond acceptors (Lipinski definition) is 5. The number of Topliss-reactive ketones (excluding diaryl/α,β-unsaturated/α-hetero) is 1. The second-order valence-corrected chi connectivity index (χ2v) is 7.54. The molecule has 0 spiro atoms. The lowest BCUT2D eigenvalue weighted by atomic mass is 9.96. The topological polar surface area (TPSA) is 81.7 Å². The highest BCUT2D eigenvalue weighted by atomic mass is 16.5. The van der Waals surface area contributed by atoms with Crippen LogP contribution < -0.4 is 5.32 Å². The van der Waals surface area contributed by atoms with Crippen LogP contribution in [0.25, 0.3) is 0 Å². The normalized spacial score (nSPS) is 11.6. The Morgan fingerprint density at radius 1 is 1.07 bits per heavy atom. The van der Waals surface area contributed by atoms with Crippen molar-refractivity contribution >= 4 is 17.7 Å². The van der Waals surface area contributed by atoms with E-state index in [0.717, 1.165) is 5.56 Å². The van der Waals surface area contributed by atoms with Crippen LogP contribution in [0.2, 0.25) is 0 Å². The molecule has 148 valence electrons. The number of ketones is 1. The van der Waals surface area contributed by atoms with Crippen LogP contribution in [0.15, 0.2) is 42.5 Å². The van der Waals surface area contributed by atoms with E-state index in [-0.39, 0.29) is 24.7 Å². The van der Waals surface area contributed by atoms with E-state index in [9.17, 15) is 14.4 Å². The third-order valence-corrected chi connectivity index (χ3v) is 3.98. The fourth-order valence-corrected chi connectivity index (χ4v) is 2.43. The van der Waals surface area contributed by atoms with Gasteiger partial charge in [0.05, 0.1) is 12.2 Å². The van der Waals surface area contributed by atoms with Crippen molar-refractivity contribution in [2.24, 2.45) is 0 Å². The monoisotopic (exact) mass is 375 g/mol. The van der Waals surface area contributed by atoms with Gasteiger partial charge in [-0.1, -0.05) is 36.9 Å². The molecule has 6 heteroatoms. The Kier molecular flexibility index (Phi) is 7.91. The Hall–Kier alpha value is -2.47. The lowest BCUT2D eigenvalue weighted by Gasteiger charge is -2.29. The van der Waals surface area contributed by atoms with E-state index in [1.165, 1.54) is 6.92 Å². The number of hydrogen-bond donors (Lipinski definition) is 1. The highest BCUT2D eigenvalue weighted by molar-refractivity contribution is 6.19. The van der Waals surface area contributed by atoms with Crippen molar-refractivity contribution in [2.75, 3.05) is 6.61 Å². The summed E-state index contributed by atoms with van der Waals surface area (Å²) in [5.74, 6) is -1.43. The Bertz CT molecular complexity index is 692. The molecule has 0 aliphatic carbocycles. The summed E-state index contributed by atoms with van der Waals surface area (Å²) in [5, 5.41) is 2.81. The number of nitrogens with one attached hydrogen (secondary N) is 1. The molecule has 0 bridgehead atoms. The number of amides is 1. The van der Waals surface area contributed by atoms with E-state index in [1.54, 1.807) is 13.8 Å². The molecule has 0 unspecified atom stereocenters. The van der Waals surface area contributed by atoms with Crippen LogP contribution in [0.4, 0.5) is 0 Å². The average Bonchev–Trinajstić information content (AvgIpc) is 2.57. The Morgan fingerprint density at radius 3 is 2.22 bits per heavy atom. The molecule has 6 nitrogen and oxygen atoms in total. The SMILES string of the molecule is C=C(C(=O)OCc1ccccc1)C(=O)C(C)(C)OCCC(C)(C)NC(C)=O. The highest BCUT2D eigenvalue weighted by Gasteiger charge is 2.34. The lowest BCUT2D eigenvalue weighted by molar-refractivity contribution is -0.146. The number of carbonyl (C=O) groups is 3. The first kappa shape index (κ1) is 22.6. The van der Waals surface area contributed by atoms with E-state index in [1.807, 2.05) is 44.2 Å². The number of rotatable bonds is 10. The fourth-order valence-electron chi connectivity index (χ4n) is 2.43. The molecule has 1 aromatic carbocycles. The third-order valence-electron chi connectivity index (χ3n) is 3.98. The van der Waals surface area contributed by atoms with Crippen molar-refractivity contribution in [3.05, 3.63) is 48.0 Å². The number of ether oxygens (including phenoxy) is 2. The summed E-state index contributed by atoms with van der Waals surface area (Å²) in [6.07, 6.45) is 0.508. The molecular formula is C21H29NO5. The molecule has 27 heavy (non-hydrogen) atoms. The van der Waals surface area contributed by atoms with Crippen molar-refractivity contribution in [3.63, 3.8) is 0 Å². The molecular weight excluding hydrogens is 346 g/mol. The molecule has 0 fully saturated rings. The molecule has 0 radical (unpaired) electrons. The predicted molar refractivity (Wildman–Crippen MR) is 103 cm³/mol. The van der Waals surface area contributed by atoms with Crippen LogP contribution in [0.1, 0.15) is 46.6 Å². The van der Waals surface area contributed by atoms with Gasteiger partial charge >= 0.3 is 5.97 Å². The maximum absolute atomic E-state index is 12.6. The van der Waals surface area contributed by atoms with Gasteiger partial charge in [-0.3, -0.25) is 9.59 Å². The first-order valence-electron chi connectivity index (χ1n) is 8.82. The van der Waals surface area contributed by atoms with E-state index >= 15 is 0 Å². The van der Waals surface area contributed by atoms with Crippen LogP contribution in [-0.2, 0) is 30.5 Å². The average molecular weight is 375 g/mol. The van der Waals surface area contributed by atoms with Crippen LogP contribution in [0.3, 0.4) is 0 Å². The van der Waals surface area contributed by atoms with Crippen molar-refractivity contribution in [1.29, 1.82) is 0 Å². The molecule has 0 aliphatic rings. The number of esters is 1. The molecule has 0 aromatic heterocycles. The van der Waals surface area contributed by atoms with Gasteiger partial charge in [-0.2, -0.15) is 0 Å². The maximum atomic E-state index is 12.6. The van der Waals surface area contributed by atoms with Gasteiger partial charge in [0.1, 0.15) is 12.2 Å². The van der Waals surface area contributed by atoms with E-state index in [0.29, 0.717) is 6.42 Å². The van der Waals surface area contributed by atoms with Gasteiger partial charge in [-0.15, -0.1) is 0 Å². The van der Waals surface area contributed by atoms with Crippen LogP contribution in [0, 0.1) is 0 Å². The molecule has 0 heterocycles. The minimum atomic E-state index is -1.23. The summed E-state index contributed by atoms with van der Waals surface area (Å²) in [6.45, 7) is 12.2. The summed E-state index contributed by atoms with van der Waals surface area (Å²) in [4.78, 5) is 35.9. The van der Waals surface area contributed by atoms with Gasteiger partial charge in [0.2, 0.25) is 11.7 Å². The van der Waals surface area contributed by atoms with E-state index < -0.39 is 22.9 Å². The minimum Gasteiger partial charge on any atom is -0.457 e. The smallest absolute Gasteiger partial charge is 0.341 e. The zero-order valence-electron chi connectivity index (χ0n) is 16.8. The first-order valence-corrected chi connectivity index (χ1v) is 8.82. The van der Waals surface area contributed by atoms with Crippen molar-refractivity contribution in [3.8, 4) is 0 Å². The Morgan fingerprint density at radius 2 is 1.67 bits per heavy atom. The van der Waals surface area contributed by atoms with Gasteiger partial charge in [-0.05, 0) is 39.7 Å². The first-order chi connectivity index (χ1) is 12.4. The van der Waals surface area contributed by atoms with Crippen LogP contribution in [0.5, 0.6) is 0 Å². The van der Waals surface area contributed by atoms with Gasteiger partial charge in [0, 0.05) is 12.5 Å². The number of benzene rings is 1. The summed E-state index contributed by atoms with van der Waals surface area (Å²) in [6, 6.07) is 9.18. The summed E-state index contributed by atoms with van der Waals surface area (Å²) >= 11 is 0. The molecule has 0 saturated heterocycles. The second kappa shape index (κ2) is 9.46. The summed E-state index contributed by atoms with van der Waals surface area (Å²) < 4.78 is 10.8. The summed E-state index contributed by atoms with van der Waals surface area (Å²) in [5.41, 5.74) is -1.12. The van der Waals surface area contributed by atoms with Crippen LogP contribution in [-0.4, -0.2) is 35.4 Å². The van der Waals surface area contributed by atoms with Gasteiger partial charge in [0.25, 0.3) is 0 Å². The maximum Gasteiger partial charge on any atom is 0.341 e. The molecule has 1 N–H and O–H groups in total. The predicted octanol–water partition coefficient (Wildman–Crippen LogP) is 2.96. The lowest BCUT2D eigenvalue weighted by Crippen LogP contribution is -2.44. The second-order valence-electron chi connectivity index (χ2n) is 7.54. The molecule has 0 atom stereocenters. The molecule has 1 aromatic rings. The van der Waals surface area contributed by atoms with Gasteiger partial charge < -0.3 is 14.8 Å². The quantitative estimate of drug-likeness (QED) is 0.294. The Balaban J connectivity index is 2.55. The van der Waals surface area contributed by atoms with Crippen molar-refractivity contribution < 1.29 is 23.9 Å². The minimum absolute atomic E-state index is 0.0676. The van der Waals surface area contributed by atoms with Crippen molar-refractivity contribution in [2.45, 2.75) is 58.8 Å². The van der Waals surface area contributed by atoms with E-state index in [4.69, 9.17) is 9.47 Å². The molecule has 1 rings (SSSR count). The molecule has 1 amide bonds. The molecule has 0 saturated carbocycles. The standard InChI is InChI=1S/C21H29NO5/c1-15(19(25)26-14-17-10-8-7-9-11-17)18(24)21(5,6)27-13-12-20(3,4)22-16(2)23/h7-11H,1,12-14H2,2-6H3,(H,22,23). The van der Waals surface area contributed by atoms with Gasteiger partial charge in [0.15, 0.2) is 0 Å². The zero-order valence-corrected chi connectivity index (χ0v) is 16.8.